The third-order valence-corrected chi connectivity index (χ3v) is 22.8. The number of halogens is 1. The summed E-state index contributed by atoms with van der Waals surface area (Å²) in [6, 6.07) is 103. The summed E-state index contributed by atoms with van der Waals surface area (Å²) in [6.07, 6.45) is 12.8. The zero-order valence-corrected chi connectivity index (χ0v) is 79.5. The number of aromatic nitrogens is 13. The van der Waals surface area contributed by atoms with Crippen LogP contribution < -0.4 is 28.4 Å². The van der Waals surface area contributed by atoms with Gasteiger partial charge in [0, 0.05) is 80.1 Å². The molecule has 19 rings (SSSR count). The smallest absolute Gasteiger partial charge is 0.161 e. The fraction of sp³-hybridized carbons (Fsp3) is 0.254. The van der Waals surface area contributed by atoms with Crippen molar-refractivity contribution in [2.75, 3.05) is 42.2 Å². The van der Waals surface area contributed by atoms with Gasteiger partial charge in [-0.1, -0.05) is 170 Å². The summed E-state index contributed by atoms with van der Waals surface area (Å²) in [5, 5.41) is 0. The highest BCUT2D eigenvalue weighted by molar-refractivity contribution is 5.80. The van der Waals surface area contributed by atoms with E-state index < -0.39 is 0 Å². The molecule has 20 heteroatoms. The highest BCUT2D eigenvalue weighted by Gasteiger charge is 2.26. The van der Waals surface area contributed by atoms with Crippen molar-refractivity contribution in [1.29, 1.82) is 0 Å². The van der Waals surface area contributed by atoms with Crippen molar-refractivity contribution < 1.29 is 32.8 Å². The number of pyridine rings is 1. The lowest BCUT2D eigenvalue weighted by Gasteiger charge is -2.24. The molecule has 684 valence electrons. The first kappa shape index (κ1) is 95.0. The van der Waals surface area contributed by atoms with Crippen LogP contribution in [0.2, 0.25) is 0 Å². The number of ether oxygens (including phenoxy) is 6. The highest BCUT2D eigenvalue weighted by Crippen LogP contribution is 2.35. The number of para-hydroxylation sites is 13. The van der Waals surface area contributed by atoms with E-state index in [1.165, 1.54) is 39.3 Å². The van der Waals surface area contributed by atoms with E-state index in [1.807, 2.05) is 176 Å². The van der Waals surface area contributed by atoms with Crippen molar-refractivity contribution in [3.05, 3.63) is 390 Å². The second-order valence-electron chi connectivity index (χ2n) is 35.5. The molecule has 0 radical (unpaired) electrons. The van der Waals surface area contributed by atoms with Gasteiger partial charge < -0.3 is 55.8 Å². The van der Waals surface area contributed by atoms with Gasteiger partial charge in [0.25, 0.3) is 0 Å². The second kappa shape index (κ2) is 44.2. The molecule has 0 aliphatic rings. The van der Waals surface area contributed by atoms with Gasteiger partial charge in [-0.15, -0.1) is 6.42 Å². The van der Waals surface area contributed by atoms with Gasteiger partial charge in [0.2, 0.25) is 0 Å². The van der Waals surface area contributed by atoms with Crippen molar-refractivity contribution in [1.82, 2.24) is 62.3 Å². The summed E-state index contributed by atoms with van der Waals surface area (Å²) in [5.41, 5.74) is 19.7. The topological polar surface area (TPSA) is 175 Å². The van der Waals surface area contributed by atoms with Gasteiger partial charge in [-0.2, -0.15) is 0 Å². The lowest BCUT2D eigenvalue weighted by Crippen LogP contribution is -2.24. The molecule has 0 aliphatic heterocycles. The van der Waals surface area contributed by atoms with E-state index in [0.29, 0.717) is 37.5 Å². The number of benzene rings is 12. The fourth-order valence-corrected chi connectivity index (χ4v) is 17.0. The van der Waals surface area contributed by atoms with Crippen LogP contribution in [0.3, 0.4) is 0 Å². The highest BCUT2D eigenvalue weighted by atomic mass is 19.1. The number of methoxy groups -OCH3 is 5. The van der Waals surface area contributed by atoms with Crippen molar-refractivity contribution in [3.8, 4) is 46.8 Å². The van der Waals surface area contributed by atoms with Crippen LogP contribution in [0.15, 0.2) is 316 Å². The van der Waals surface area contributed by atoms with Crippen molar-refractivity contribution in [2.24, 2.45) is 0 Å². The van der Waals surface area contributed by atoms with Crippen molar-refractivity contribution in [3.63, 3.8) is 0 Å². The zero-order valence-electron chi connectivity index (χ0n) is 79.5. The normalized spacial score (nSPS) is 11.3. The Balaban J connectivity index is 0.000000129. The Kier molecular flexibility index (Phi) is 31.3. The largest absolute Gasteiger partial charge is 0.497 e. The van der Waals surface area contributed by atoms with Gasteiger partial charge in [0.05, 0.1) is 115 Å². The Bertz CT molecular complexity index is 7120. The standard InChI is InChI=1S/C23H22N2O.C19H18N2O2.C19H22N2O.C18H19FN2.C18H20N2O2.C17H19N3/c1-3-10-19(11-4-1)18-23-24-21-14-7-8-15-22(21)25(23)16-9-17-26-20-12-5-2-6-13-20;1-4-11-21-16-8-6-5-7-15(16)20-19(21)13-14-9-10-17(22-2)18(12-14)23-3;1-19(2,3)21-17-11-6-5-10-16(17)20-18(21)13-14-8-7-9-15(12-14)22-4;1-18(2,3)21-16-10-5-4-9-15(16)20-17(21)12-13-7-6-8-14(19)11-13;1-4-20-15-8-6-5-7-14(15)19-18(20)12-13-9-10-16(21-2)17(11-13)22-3;1-17(2,3)20-15-10-5-4-9-14(15)19-16(20)12-13-8-6-7-11-18-13/h1-8,10-15H,9,16-18H2;1,5-10,12H,11,13H2,2-3H3;5-12H,13H2,1-4H3;4-11H,12H2,1-3H3;5-11H,4,12H2,1-3H3;4-11H,12H2,1-3H3. The first-order valence-electron chi connectivity index (χ1n) is 45.5. The van der Waals surface area contributed by atoms with Crippen molar-refractivity contribution in [2.45, 2.75) is 150 Å². The average Bonchev–Trinajstić information content (AvgIpc) is 1.63. The summed E-state index contributed by atoms with van der Waals surface area (Å²) < 4.78 is 59.4. The molecular weight excluding hydrogens is 1670 g/mol. The molecule has 0 spiro atoms. The lowest BCUT2D eigenvalue weighted by molar-refractivity contribution is 0.302. The number of aryl methyl sites for hydroxylation is 2. The maximum Gasteiger partial charge on any atom is 0.161 e. The molecular formula is C114H120FN13O6. The van der Waals surface area contributed by atoms with E-state index in [9.17, 15) is 4.39 Å². The Hall–Kier alpha value is -15.1. The Morgan fingerprint density at radius 2 is 0.664 bits per heavy atom. The van der Waals surface area contributed by atoms with E-state index >= 15 is 0 Å². The SMILES string of the molecule is C#CCn1c(Cc2ccc(OC)c(OC)c2)nc2ccccc21.CC(C)(C)n1c(Cc2cccc(F)c2)nc2ccccc21.CC(C)(C)n1c(Cc2ccccn2)nc2ccccc21.CCn1c(Cc2ccc(OC)c(OC)c2)nc2ccccc21.COc1cccc(Cc2nc3ccccc3n2C(C)(C)C)c1.c1ccc(Cc2nc3ccccc3n2CCCOc2ccccc2)cc1. The molecule has 0 unspecified atom stereocenters. The van der Waals surface area contributed by atoms with Gasteiger partial charge in [0.1, 0.15) is 52.3 Å². The molecule has 134 heavy (non-hydrogen) atoms. The molecule has 7 heterocycles. The van der Waals surface area contributed by atoms with E-state index in [-0.39, 0.29) is 22.4 Å². The summed E-state index contributed by atoms with van der Waals surface area (Å²) in [7, 11) is 8.26. The summed E-state index contributed by atoms with van der Waals surface area (Å²) in [5.74, 6) is 13.5. The predicted molar refractivity (Wildman–Crippen MR) is 540 cm³/mol. The van der Waals surface area contributed by atoms with E-state index in [1.54, 1.807) is 47.7 Å². The number of terminal acetylenes is 1. The third kappa shape index (κ3) is 23.8. The monoisotopic (exact) mass is 1790 g/mol. The van der Waals surface area contributed by atoms with Crippen LogP contribution in [0.25, 0.3) is 66.2 Å². The van der Waals surface area contributed by atoms with Gasteiger partial charge in [-0.05, 0) is 249 Å². The van der Waals surface area contributed by atoms with E-state index in [0.717, 1.165) is 170 Å². The van der Waals surface area contributed by atoms with Crippen LogP contribution in [0.1, 0.15) is 144 Å². The summed E-state index contributed by atoms with van der Waals surface area (Å²) in [4.78, 5) is 33.2. The Labute approximate surface area is 785 Å². The first-order valence-corrected chi connectivity index (χ1v) is 45.5. The number of nitrogens with zero attached hydrogens (tertiary/aromatic N) is 13. The maximum absolute atomic E-state index is 13.4. The maximum atomic E-state index is 13.4. The summed E-state index contributed by atoms with van der Waals surface area (Å²) >= 11 is 0. The van der Waals surface area contributed by atoms with Crippen molar-refractivity contribution >= 4 is 66.2 Å². The molecule has 0 amide bonds. The molecule has 19 aromatic rings. The molecule has 0 atom stereocenters. The van der Waals surface area contributed by atoms with Crippen LogP contribution in [0.5, 0.6) is 34.5 Å². The quantitative estimate of drug-likeness (QED) is 0.0413. The molecule has 19 nitrogen and oxygen atoms in total. The number of hydrogen-bond donors (Lipinski definition) is 0. The average molecular weight is 1790 g/mol. The van der Waals surface area contributed by atoms with Gasteiger partial charge >= 0.3 is 0 Å². The molecule has 0 N–H and O–H groups in total. The fourth-order valence-electron chi connectivity index (χ4n) is 17.0. The van der Waals surface area contributed by atoms with Crippen LogP contribution in [-0.2, 0) is 74.8 Å². The van der Waals surface area contributed by atoms with Crippen LogP contribution in [0.4, 0.5) is 4.39 Å². The van der Waals surface area contributed by atoms with Gasteiger partial charge in [0.15, 0.2) is 23.0 Å². The minimum Gasteiger partial charge on any atom is -0.497 e. The van der Waals surface area contributed by atoms with Crippen LogP contribution >= 0.6 is 0 Å². The molecule has 0 saturated carbocycles. The van der Waals surface area contributed by atoms with E-state index in [4.69, 9.17) is 64.7 Å². The molecule has 0 bridgehead atoms. The Morgan fingerprint density at radius 3 is 1.10 bits per heavy atom. The minimum absolute atomic E-state index is 0.000215. The summed E-state index contributed by atoms with van der Waals surface area (Å²) in [6.45, 7) is 24.9. The van der Waals surface area contributed by atoms with Gasteiger partial charge in [-0.3, -0.25) is 4.98 Å². The lowest BCUT2D eigenvalue weighted by atomic mass is 10.1. The van der Waals surface area contributed by atoms with E-state index in [2.05, 4.69) is 229 Å². The molecule has 0 aliphatic carbocycles. The zero-order chi connectivity index (χ0) is 94.3. The second-order valence-corrected chi connectivity index (χ2v) is 35.5. The molecule has 7 aromatic heterocycles. The number of imidazole rings is 6. The number of hydrogen-bond acceptors (Lipinski definition) is 13. The predicted octanol–water partition coefficient (Wildman–Crippen LogP) is 24.7. The van der Waals surface area contributed by atoms with Crippen LogP contribution in [-0.4, -0.2) is 104 Å². The van der Waals surface area contributed by atoms with Gasteiger partial charge in [-0.25, -0.2) is 34.3 Å². The Morgan fingerprint density at radius 1 is 0.313 bits per heavy atom. The minimum atomic E-state index is -0.203. The number of fused-ring (bicyclic) bond motifs is 6. The number of rotatable bonds is 24. The molecule has 12 aromatic carbocycles. The molecule has 0 saturated heterocycles. The first-order chi connectivity index (χ1) is 64.9. The van der Waals surface area contributed by atoms with Crippen LogP contribution in [0, 0.1) is 18.2 Å². The molecule has 0 fully saturated rings. The third-order valence-electron chi connectivity index (χ3n) is 22.8.